The van der Waals surface area contributed by atoms with Gasteiger partial charge in [0.2, 0.25) is 0 Å². The number of esters is 4. The number of unbranched alkanes of at least 4 members (excludes halogenated alkanes) is 43. The summed E-state index contributed by atoms with van der Waals surface area (Å²) in [6.45, 7) is 9.60. The standard InChI is InChI=1S/C74H144O17P2/c1-7-9-11-13-15-17-18-27-34-40-46-52-58-73(78)90-69(62-84-71(76)56-50-44-38-30-16-14-12-10-8-2)64-88-92(80,81)86-60-68(75)61-87-93(82,83)89-65-70(63-85-72(77)57-51-45-39-33-29-24-26-32-37-43-49-55-67(5)6)91-74(79)59-53-47-41-35-28-23-21-19-20-22-25-31-36-42-48-54-66(3)4/h66-70,75H,7-65H2,1-6H3,(H,80,81)(H,82,83)/t68-,69+,70+/m0/s1. The Hall–Kier alpha value is -1.94. The van der Waals surface area contributed by atoms with Gasteiger partial charge in [-0.15, -0.1) is 0 Å². The zero-order valence-electron chi connectivity index (χ0n) is 60.6. The fourth-order valence-electron chi connectivity index (χ4n) is 11.3. The van der Waals surface area contributed by atoms with Gasteiger partial charge < -0.3 is 33.8 Å². The molecule has 0 rings (SSSR count). The molecule has 0 aromatic heterocycles. The molecule has 2 unspecified atom stereocenters. The van der Waals surface area contributed by atoms with Crippen molar-refractivity contribution in [2.75, 3.05) is 39.6 Å². The lowest BCUT2D eigenvalue weighted by molar-refractivity contribution is -0.161. The third kappa shape index (κ3) is 68.4. The average Bonchev–Trinajstić information content (AvgIpc) is 1.57. The molecule has 0 aromatic carbocycles. The van der Waals surface area contributed by atoms with Crippen LogP contribution in [-0.2, 0) is 65.4 Å². The maximum atomic E-state index is 13.1. The molecule has 0 saturated heterocycles. The van der Waals surface area contributed by atoms with Gasteiger partial charge in [-0.3, -0.25) is 37.3 Å². The highest BCUT2D eigenvalue weighted by Gasteiger charge is 2.30. The smallest absolute Gasteiger partial charge is 0.462 e. The van der Waals surface area contributed by atoms with Crippen LogP contribution in [0.1, 0.15) is 382 Å². The summed E-state index contributed by atoms with van der Waals surface area (Å²) in [4.78, 5) is 72.7. The minimum Gasteiger partial charge on any atom is -0.462 e. The number of rotatable bonds is 73. The van der Waals surface area contributed by atoms with E-state index in [0.717, 1.165) is 102 Å². The van der Waals surface area contributed by atoms with Gasteiger partial charge in [-0.2, -0.15) is 0 Å². The Balaban J connectivity index is 5.23. The largest absolute Gasteiger partial charge is 0.472 e. The third-order valence-corrected chi connectivity index (χ3v) is 19.1. The molecule has 0 aliphatic heterocycles. The summed E-state index contributed by atoms with van der Waals surface area (Å²) in [5.74, 6) is -0.544. The predicted octanol–water partition coefficient (Wildman–Crippen LogP) is 21.6. The van der Waals surface area contributed by atoms with Gasteiger partial charge in [-0.1, -0.05) is 330 Å². The molecule has 552 valence electrons. The molecule has 5 atom stereocenters. The van der Waals surface area contributed by atoms with Crippen LogP contribution in [0.15, 0.2) is 0 Å². The van der Waals surface area contributed by atoms with Crippen LogP contribution in [-0.4, -0.2) is 96.7 Å². The molecule has 19 heteroatoms. The molecule has 17 nitrogen and oxygen atoms in total. The molecule has 0 aromatic rings. The molecule has 0 spiro atoms. The van der Waals surface area contributed by atoms with Crippen molar-refractivity contribution in [1.82, 2.24) is 0 Å². The van der Waals surface area contributed by atoms with E-state index in [1.807, 2.05) is 0 Å². The third-order valence-electron chi connectivity index (χ3n) is 17.2. The fraction of sp³-hybridized carbons (Fsp3) is 0.946. The number of carbonyl (C=O) groups is 4. The SMILES string of the molecule is CCCCCCCCCCCCCCC(=O)O[C@H](COC(=O)CCCCCCCCCCC)COP(=O)(O)OC[C@H](O)COP(=O)(O)OC[C@@H](COC(=O)CCCCCCCCCCCCCC(C)C)OC(=O)CCCCCCCCCCCCCCCCCC(C)C. The Morgan fingerprint density at radius 2 is 0.495 bits per heavy atom. The molecule has 0 aliphatic carbocycles. The molecular formula is C74H144O17P2. The summed E-state index contributed by atoms with van der Waals surface area (Å²) in [7, 11) is -9.90. The first-order chi connectivity index (χ1) is 44.9. The van der Waals surface area contributed by atoms with E-state index in [2.05, 4.69) is 41.5 Å². The minimum atomic E-state index is -4.96. The quantitative estimate of drug-likeness (QED) is 0.0222. The van der Waals surface area contributed by atoms with E-state index in [9.17, 15) is 43.2 Å². The Labute approximate surface area is 568 Å². The van der Waals surface area contributed by atoms with Crippen molar-refractivity contribution < 1.29 is 80.2 Å². The maximum Gasteiger partial charge on any atom is 0.472 e. The molecule has 0 fully saturated rings. The number of ether oxygens (including phenoxy) is 4. The van der Waals surface area contributed by atoms with Gasteiger partial charge in [0.1, 0.15) is 19.3 Å². The maximum absolute atomic E-state index is 13.1. The molecule has 0 heterocycles. The molecular weight excluding hydrogens is 1220 g/mol. The number of aliphatic hydroxyl groups is 1. The highest BCUT2D eigenvalue weighted by atomic mass is 31.2. The van der Waals surface area contributed by atoms with E-state index in [1.165, 1.54) is 199 Å². The number of phosphoric ester groups is 2. The van der Waals surface area contributed by atoms with Gasteiger partial charge >= 0.3 is 39.5 Å². The Morgan fingerprint density at radius 3 is 0.731 bits per heavy atom. The zero-order chi connectivity index (χ0) is 68.6. The summed E-state index contributed by atoms with van der Waals surface area (Å²) in [6.07, 6.45) is 52.6. The Bertz CT molecular complexity index is 1800. The molecule has 93 heavy (non-hydrogen) atoms. The Kier molecular flexibility index (Phi) is 64.6. The van der Waals surface area contributed by atoms with Crippen molar-refractivity contribution in [2.45, 2.75) is 400 Å². The normalized spacial score (nSPS) is 14.1. The van der Waals surface area contributed by atoms with Crippen molar-refractivity contribution >= 4 is 39.5 Å². The molecule has 0 bridgehead atoms. The summed E-state index contributed by atoms with van der Waals surface area (Å²) in [5, 5.41) is 10.6. The van der Waals surface area contributed by atoms with Crippen molar-refractivity contribution in [2.24, 2.45) is 11.8 Å². The van der Waals surface area contributed by atoms with E-state index in [-0.39, 0.29) is 25.7 Å². The van der Waals surface area contributed by atoms with Crippen LogP contribution in [0.5, 0.6) is 0 Å². The van der Waals surface area contributed by atoms with Crippen molar-refractivity contribution in [3.8, 4) is 0 Å². The van der Waals surface area contributed by atoms with E-state index >= 15 is 0 Å². The topological polar surface area (TPSA) is 237 Å². The first-order valence-electron chi connectivity index (χ1n) is 38.5. The van der Waals surface area contributed by atoms with Crippen LogP contribution in [0.3, 0.4) is 0 Å². The average molecular weight is 1370 g/mol. The molecule has 0 amide bonds. The molecule has 0 saturated carbocycles. The van der Waals surface area contributed by atoms with Crippen LogP contribution in [0.4, 0.5) is 0 Å². The van der Waals surface area contributed by atoms with Crippen molar-refractivity contribution in [3.63, 3.8) is 0 Å². The van der Waals surface area contributed by atoms with E-state index in [1.54, 1.807) is 0 Å². The fourth-order valence-corrected chi connectivity index (χ4v) is 12.9. The van der Waals surface area contributed by atoms with Gasteiger partial charge in [0, 0.05) is 25.7 Å². The molecule has 3 N–H and O–H groups in total. The Morgan fingerprint density at radius 1 is 0.290 bits per heavy atom. The first-order valence-corrected chi connectivity index (χ1v) is 41.5. The minimum absolute atomic E-state index is 0.107. The van der Waals surface area contributed by atoms with Gasteiger partial charge in [-0.05, 0) is 37.5 Å². The summed E-state index contributed by atoms with van der Waals surface area (Å²) < 4.78 is 68.4. The number of phosphoric acid groups is 2. The number of hydrogen-bond acceptors (Lipinski definition) is 15. The second-order valence-electron chi connectivity index (χ2n) is 27.6. The lowest BCUT2D eigenvalue weighted by Crippen LogP contribution is -2.30. The number of hydrogen-bond donors (Lipinski definition) is 3. The first kappa shape index (κ1) is 91.1. The lowest BCUT2D eigenvalue weighted by atomic mass is 10.0. The monoisotopic (exact) mass is 1370 g/mol. The lowest BCUT2D eigenvalue weighted by Gasteiger charge is -2.21. The second kappa shape index (κ2) is 66.0. The van der Waals surface area contributed by atoms with Crippen molar-refractivity contribution in [3.05, 3.63) is 0 Å². The van der Waals surface area contributed by atoms with Crippen LogP contribution >= 0.6 is 15.6 Å². The summed E-state index contributed by atoms with van der Waals surface area (Å²) in [5.41, 5.74) is 0. The van der Waals surface area contributed by atoms with E-state index in [4.69, 9.17) is 37.0 Å². The van der Waals surface area contributed by atoms with E-state index in [0.29, 0.717) is 25.7 Å². The highest BCUT2D eigenvalue weighted by molar-refractivity contribution is 7.47. The summed E-state index contributed by atoms with van der Waals surface area (Å²) in [6, 6.07) is 0. The summed E-state index contributed by atoms with van der Waals surface area (Å²) >= 11 is 0. The number of aliphatic hydroxyl groups excluding tert-OH is 1. The molecule has 0 aliphatic rings. The van der Waals surface area contributed by atoms with Crippen LogP contribution in [0, 0.1) is 11.8 Å². The van der Waals surface area contributed by atoms with E-state index < -0.39 is 97.5 Å². The van der Waals surface area contributed by atoms with Gasteiger partial charge in [-0.25, -0.2) is 9.13 Å². The van der Waals surface area contributed by atoms with Gasteiger partial charge in [0.25, 0.3) is 0 Å². The van der Waals surface area contributed by atoms with Crippen molar-refractivity contribution in [1.29, 1.82) is 0 Å². The predicted molar refractivity (Wildman–Crippen MR) is 377 cm³/mol. The van der Waals surface area contributed by atoms with Gasteiger partial charge in [0.15, 0.2) is 12.2 Å². The zero-order valence-corrected chi connectivity index (χ0v) is 62.3. The highest BCUT2D eigenvalue weighted by Crippen LogP contribution is 2.45. The molecule has 0 radical (unpaired) electrons. The number of carbonyl (C=O) groups excluding carboxylic acids is 4. The van der Waals surface area contributed by atoms with Crippen LogP contribution < -0.4 is 0 Å². The van der Waals surface area contributed by atoms with Crippen LogP contribution in [0.25, 0.3) is 0 Å². The second-order valence-corrected chi connectivity index (χ2v) is 30.5. The van der Waals surface area contributed by atoms with Crippen LogP contribution in [0.2, 0.25) is 0 Å². The van der Waals surface area contributed by atoms with Gasteiger partial charge in [0.05, 0.1) is 26.4 Å².